The number of hydrogen-bond acceptors (Lipinski definition) is 6. The SMILES string of the molecule is CCc1cc(NC(=O)N2CCN(c3ccc(OC)c(O)c3)CC2)c(OC)nc1C. The van der Waals surface area contributed by atoms with Crippen molar-refractivity contribution in [3.05, 3.63) is 35.5 Å². The molecule has 1 saturated heterocycles. The molecule has 2 aromatic rings. The summed E-state index contributed by atoms with van der Waals surface area (Å²) in [5, 5.41) is 12.9. The van der Waals surface area contributed by atoms with E-state index in [0.717, 1.165) is 23.4 Å². The van der Waals surface area contributed by atoms with Crippen LogP contribution in [0.15, 0.2) is 24.3 Å². The zero-order valence-electron chi connectivity index (χ0n) is 17.4. The van der Waals surface area contributed by atoms with Gasteiger partial charge in [0.05, 0.1) is 14.2 Å². The Balaban J connectivity index is 1.64. The molecule has 0 aliphatic carbocycles. The van der Waals surface area contributed by atoms with Gasteiger partial charge in [-0.3, -0.25) is 0 Å². The second-order valence-corrected chi connectivity index (χ2v) is 6.90. The molecule has 1 aliphatic rings. The number of urea groups is 1. The van der Waals surface area contributed by atoms with Crippen molar-refractivity contribution in [1.29, 1.82) is 0 Å². The average molecular weight is 400 g/mol. The van der Waals surface area contributed by atoms with Crippen LogP contribution in [0, 0.1) is 6.92 Å². The molecule has 2 amide bonds. The fourth-order valence-electron chi connectivity index (χ4n) is 3.46. The van der Waals surface area contributed by atoms with Crippen LogP contribution in [0.25, 0.3) is 0 Å². The maximum atomic E-state index is 12.8. The van der Waals surface area contributed by atoms with E-state index in [4.69, 9.17) is 9.47 Å². The molecule has 3 rings (SSSR count). The molecule has 1 fully saturated rings. The number of nitrogens with zero attached hydrogens (tertiary/aromatic N) is 3. The zero-order chi connectivity index (χ0) is 21.0. The number of rotatable bonds is 5. The van der Waals surface area contributed by atoms with E-state index in [1.54, 1.807) is 24.1 Å². The minimum atomic E-state index is -0.173. The largest absolute Gasteiger partial charge is 0.504 e. The highest BCUT2D eigenvalue weighted by Gasteiger charge is 2.23. The van der Waals surface area contributed by atoms with Crippen molar-refractivity contribution in [3.8, 4) is 17.4 Å². The van der Waals surface area contributed by atoms with Gasteiger partial charge in [-0.1, -0.05) is 6.92 Å². The lowest BCUT2D eigenvalue weighted by molar-refractivity contribution is 0.208. The van der Waals surface area contributed by atoms with Gasteiger partial charge in [-0.2, -0.15) is 0 Å². The van der Waals surface area contributed by atoms with Crippen molar-refractivity contribution in [2.24, 2.45) is 0 Å². The van der Waals surface area contributed by atoms with Crippen molar-refractivity contribution in [3.63, 3.8) is 0 Å². The summed E-state index contributed by atoms with van der Waals surface area (Å²) >= 11 is 0. The topological polar surface area (TPSA) is 87.2 Å². The quantitative estimate of drug-likeness (QED) is 0.802. The Morgan fingerprint density at radius 2 is 1.90 bits per heavy atom. The van der Waals surface area contributed by atoms with Crippen LogP contribution < -0.4 is 19.7 Å². The number of piperazine rings is 1. The molecular formula is C21H28N4O4. The van der Waals surface area contributed by atoms with Crippen LogP contribution in [-0.2, 0) is 6.42 Å². The molecule has 1 aromatic heterocycles. The number of anilines is 2. The van der Waals surface area contributed by atoms with E-state index in [2.05, 4.69) is 22.1 Å². The first-order valence-corrected chi connectivity index (χ1v) is 9.69. The molecule has 1 aliphatic heterocycles. The molecule has 29 heavy (non-hydrogen) atoms. The summed E-state index contributed by atoms with van der Waals surface area (Å²) in [6, 6.07) is 7.09. The molecule has 8 nitrogen and oxygen atoms in total. The number of phenols is 1. The number of pyridine rings is 1. The molecule has 2 N–H and O–H groups in total. The van der Waals surface area contributed by atoms with Crippen molar-refractivity contribution in [2.75, 3.05) is 50.6 Å². The number of benzene rings is 1. The Kier molecular flexibility index (Phi) is 6.31. The molecule has 0 saturated carbocycles. The van der Waals surface area contributed by atoms with Gasteiger partial charge >= 0.3 is 6.03 Å². The Morgan fingerprint density at radius 3 is 2.48 bits per heavy atom. The predicted octanol–water partition coefficient (Wildman–Crippen LogP) is 3.03. The van der Waals surface area contributed by atoms with E-state index < -0.39 is 0 Å². The number of aryl methyl sites for hydroxylation is 2. The number of hydrogen-bond donors (Lipinski definition) is 2. The van der Waals surface area contributed by atoms with Gasteiger partial charge in [0.15, 0.2) is 11.5 Å². The summed E-state index contributed by atoms with van der Waals surface area (Å²) in [6.07, 6.45) is 0.832. The summed E-state index contributed by atoms with van der Waals surface area (Å²) in [7, 11) is 3.07. The van der Waals surface area contributed by atoms with E-state index >= 15 is 0 Å². The van der Waals surface area contributed by atoms with E-state index in [-0.39, 0.29) is 11.8 Å². The number of carbonyl (C=O) groups excluding carboxylic acids is 1. The minimum Gasteiger partial charge on any atom is -0.504 e. The molecule has 2 heterocycles. The predicted molar refractivity (Wildman–Crippen MR) is 112 cm³/mol. The van der Waals surface area contributed by atoms with Gasteiger partial charge in [-0.05, 0) is 37.1 Å². The Labute approximate surface area is 171 Å². The number of ether oxygens (including phenoxy) is 2. The van der Waals surface area contributed by atoms with Crippen molar-refractivity contribution >= 4 is 17.4 Å². The number of amides is 2. The highest BCUT2D eigenvalue weighted by molar-refractivity contribution is 5.91. The van der Waals surface area contributed by atoms with Gasteiger partial charge < -0.3 is 29.7 Å². The summed E-state index contributed by atoms with van der Waals surface area (Å²) in [4.78, 5) is 21.1. The lowest BCUT2D eigenvalue weighted by atomic mass is 10.1. The number of phenolic OH excluding ortho intramolecular Hbond substituents is 1. The van der Waals surface area contributed by atoms with Gasteiger partial charge in [0.25, 0.3) is 0 Å². The lowest BCUT2D eigenvalue weighted by Gasteiger charge is -2.36. The normalized spacial score (nSPS) is 13.9. The molecule has 0 atom stereocenters. The van der Waals surface area contributed by atoms with Crippen molar-refractivity contribution in [2.45, 2.75) is 20.3 Å². The lowest BCUT2D eigenvalue weighted by Crippen LogP contribution is -2.50. The third-order valence-electron chi connectivity index (χ3n) is 5.19. The molecule has 156 valence electrons. The van der Waals surface area contributed by atoms with E-state index in [0.29, 0.717) is 43.5 Å². The number of methoxy groups -OCH3 is 2. The molecule has 8 heteroatoms. The molecule has 1 aromatic carbocycles. The summed E-state index contributed by atoms with van der Waals surface area (Å²) < 4.78 is 10.4. The first-order chi connectivity index (χ1) is 14.0. The Hall–Kier alpha value is -3.16. The van der Waals surface area contributed by atoms with Gasteiger partial charge in [0.2, 0.25) is 5.88 Å². The maximum absolute atomic E-state index is 12.8. The standard InChI is InChI=1S/C21H28N4O4/c1-5-15-12-17(20(29-4)22-14(15)2)23-21(27)25-10-8-24(9-11-25)16-6-7-19(28-3)18(26)13-16/h6-7,12-13,26H,5,8-11H2,1-4H3,(H,23,27). The third-order valence-corrected chi connectivity index (χ3v) is 5.19. The Morgan fingerprint density at radius 1 is 1.17 bits per heavy atom. The molecule has 0 spiro atoms. The minimum absolute atomic E-state index is 0.107. The molecular weight excluding hydrogens is 372 g/mol. The first-order valence-electron chi connectivity index (χ1n) is 9.69. The van der Waals surface area contributed by atoms with Crippen LogP contribution in [0.5, 0.6) is 17.4 Å². The van der Waals surface area contributed by atoms with Crippen molar-refractivity contribution < 1.29 is 19.4 Å². The second-order valence-electron chi connectivity index (χ2n) is 6.90. The van der Waals surface area contributed by atoms with E-state index in [9.17, 15) is 9.90 Å². The van der Waals surface area contributed by atoms with Crippen LogP contribution >= 0.6 is 0 Å². The van der Waals surface area contributed by atoms with E-state index in [1.807, 2.05) is 19.1 Å². The average Bonchev–Trinajstić information content (AvgIpc) is 2.74. The van der Waals surface area contributed by atoms with Gasteiger partial charge in [0.1, 0.15) is 5.69 Å². The van der Waals surface area contributed by atoms with Gasteiger partial charge in [-0.15, -0.1) is 0 Å². The van der Waals surface area contributed by atoms with Gasteiger partial charge in [-0.25, -0.2) is 9.78 Å². The zero-order valence-corrected chi connectivity index (χ0v) is 17.4. The summed E-state index contributed by atoms with van der Waals surface area (Å²) in [5.74, 6) is 0.968. The summed E-state index contributed by atoms with van der Waals surface area (Å²) in [5.41, 5.74) is 3.46. The fraction of sp³-hybridized carbons (Fsp3) is 0.429. The van der Waals surface area contributed by atoms with Gasteiger partial charge in [0, 0.05) is 43.6 Å². The highest BCUT2D eigenvalue weighted by atomic mass is 16.5. The van der Waals surface area contributed by atoms with Crippen LogP contribution in [0.3, 0.4) is 0 Å². The molecule has 0 unspecified atom stereocenters. The number of aromatic nitrogens is 1. The monoisotopic (exact) mass is 400 g/mol. The molecule has 0 bridgehead atoms. The van der Waals surface area contributed by atoms with Crippen LogP contribution in [-0.4, -0.2) is 61.4 Å². The number of aromatic hydroxyl groups is 1. The number of carbonyl (C=O) groups is 1. The second kappa shape index (κ2) is 8.89. The first kappa shape index (κ1) is 20.6. The van der Waals surface area contributed by atoms with E-state index in [1.165, 1.54) is 7.11 Å². The third kappa shape index (κ3) is 4.47. The van der Waals surface area contributed by atoms with Crippen LogP contribution in [0.2, 0.25) is 0 Å². The molecule has 0 radical (unpaired) electrons. The highest BCUT2D eigenvalue weighted by Crippen LogP contribution is 2.31. The smallest absolute Gasteiger partial charge is 0.322 e. The summed E-state index contributed by atoms with van der Waals surface area (Å²) in [6.45, 7) is 6.47. The van der Waals surface area contributed by atoms with Crippen LogP contribution in [0.4, 0.5) is 16.2 Å². The van der Waals surface area contributed by atoms with Crippen molar-refractivity contribution in [1.82, 2.24) is 9.88 Å². The van der Waals surface area contributed by atoms with Crippen LogP contribution in [0.1, 0.15) is 18.2 Å². The Bertz CT molecular complexity index is 879. The number of nitrogens with one attached hydrogen (secondary N) is 1. The maximum Gasteiger partial charge on any atom is 0.322 e. The fourth-order valence-corrected chi connectivity index (χ4v) is 3.46.